The zero-order valence-electron chi connectivity index (χ0n) is 15.7. The zero-order chi connectivity index (χ0) is 21.6. The monoisotopic (exact) mass is 438 g/mol. The lowest BCUT2D eigenvalue weighted by atomic mass is 10.3. The fourth-order valence-corrected chi connectivity index (χ4v) is 3.29. The molecule has 0 spiro atoms. The Bertz CT molecular complexity index is 979. The summed E-state index contributed by atoms with van der Waals surface area (Å²) in [6.07, 6.45) is -4.77. The van der Waals surface area contributed by atoms with Crippen molar-refractivity contribution in [1.82, 2.24) is 14.8 Å². The first-order valence-corrected chi connectivity index (χ1v) is 9.61. The van der Waals surface area contributed by atoms with Crippen molar-refractivity contribution < 1.29 is 27.4 Å². The molecular weight excluding hydrogens is 421 g/mol. The number of carbonyl (C=O) groups is 1. The van der Waals surface area contributed by atoms with Gasteiger partial charge in [0.2, 0.25) is 5.91 Å². The van der Waals surface area contributed by atoms with Gasteiger partial charge in [-0.2, -0.15) is 0 Å². The van der Waals surface area contributed by atoms with Gasteiger partial charge in [-0.1, -0.05) is 30.0 Å². The topological polar surface area (TPSA) is 78.3 Å². The van der Waals surface area contributed by atoms with Crippen molar-refractivity contribution in [2.75, 3.05) is 18.2 Å². The Morgan fingerprint density at radius 3 is 2.43 bits per heavy atom. The first-order valence-electron chi connectivity index (χ1n) is 8.63. The van der Waals surface area contributed by atoms with Crippen molar-refractivity contribution in [2.45, 2.75) is 18.1 Å². The van der Waals surface area contributed by atoms with Crippen molar-refractivity contribution in [3.05, 3.63) is 60.4 Å². The molecule has 3 aromatic rings. The Morgan fingerprint density at radius 1 is 1.10 bits per heavy atom. The Morgan fingerprint density at radius 2 is 1.80 bits per heavy atom. The maximum absolute atomic E-state index is 12.3. The predicted octanol–water partition coefficient (Wildman–Crippen LogP) is 4.04. The number of nitrogens with zero attached hydrogens (tertiary/aromatic N) is 3. The number of aromatic nitrogens is 3. The number of carbonyl (C=O) groups excluding carboxylic acids is 1. The van der Waals surface area contributed by atoms with Crippen molar-refractivity contribution >= 4 is 23.4 Å². The van der Waals surface area contributed by atoms with E-state index in [1.54, 1.807) is 11.7 Å². The largest absolute Gasteiger partial charge is 0.573 e. The summed E-state index contributed by atoms with van der Waals surface area (Å²) in [4.78, 5) is 12.3. The third kappa shape index (κ3) is 5.97. The molecule has 0 saturated heterocycles. The Balaban J connectivity index is 1.64. The van der Waals surface area contributed by atoms with E-state index in [-0.39, 0.29) is 24.0 Å². The number of ether oxygens (including phenoxy) is 2. The van der Waals surface area contributed by atoms with Gasteiger partial charge >= 0.3 is 6.36 Å². The van der Waals surface area contributed by atoms with Crippen LogP contribution in [0.3, 0.4) is 0 Å². The molecule has 7 nitrogen and oxygen atoms in total. The fourth-order valence-electron chi connectivity index (χ4n) is 2.52. The van der Waals surface area contributed by atoms with E-state index in [4.69, 9.17) is 4.74 Å². The first-order chi connectivity index (χ1) is 14.4. The number of nitrogens with one attached hydrogen (secondary N) is 1. The van der Waals surface area contributed by atoms with Crippen LogP contribution < -0.4 is 10.1 Å². The number of halogens is 3. The first kappa shape index (κ1) is 21.7. The summed E-state index contributed by atoms with van der Waals surface area (Å²) >= 11 is 1.18. The molecule has 158 valence electrons. The number of amides is 1. The van der Waals surface area contributed by atoms with Crippen LogP contribution in [0.4, 0.5) is 18.9 Å². The Labute approximate surface area is 174 Å². The highest BCUT2D eigenvalue weighted by atomic mass is 32.2. The second-order valence-corrected chi connectivity index (χ2v) is 6.85. The molecule has 1 heterocycles. The number of hydrogen-bond acceptors (Lipinski definition) is 6. The zero-order valence-corrected chi connectivity index (χ0v) is 16.5. The average Bonchev–Trinajstić information content (AvgIpc) is 3.10. The van der Waals surface area contributed by atoms with Gasteiger partial charge in [-0.05, 0) is 36.4 Å². The van der Waals surface area contributed by atoms with E-state index in [0.717, 1.165) is 17.8 Å². The molecule has 1 N–H and O–H groups in total. The van der Waals surface area contributed by atoms with E-state index in [0.29, 0.717) is 16.7 Å². The number of methoxy groups -OCH3 is 1. The van der Waals surface area contributed by atoms with Gasteiger partial charge in [0, 0.05) is 18.5 Å². The van der Waals surface area contributed by atoms with E-state index < -0.39 is 6.36 Å². The van der Waals surface area contributed by atoms with Crippen LogP contribution in [-0.4, -0.2) is 39.9 Å². The number of alkyl halides is 3. The van der Waals surface area contributed by atoms with Crippen LogP contribution in [0.25, 0.3) is 5.69 Å². The molecule has 0 saturated carbocycles. The second-order valence-electron chi connectivity index (χ2n) is 5.91. The fraction of sp³-hybridized carbons (Fsp3) is 0.211. The molecule has 0 radical (unpaired) electrons. The molecular formula is C19H17F3N4O3S. The SMILES string of the molecule is COCc1nnc(SCC(=O)Nc2ccc(OC(F)(F)F)cc2)n1-c1ccccc1. The van der Waals surface area contributed by atoms with Crippen LogP contribution >= 0.6 is 11.8 Å². The summed E-state index contributed by atoms with van der Waals surface area (Å²) < 4.78 is 47.4. The summed E-state index contributed by atoms with van der Waals surface area (Å²) in [7, 11) is 1.55. The number of hydrogen-bond donors (Lipinski definition) is 1. The van der Waals surface area contributed by atoms with Gasteiger partial charge in [-0.3, -0.25) is 9.36 Å². The minimum absolute atomic E-state index is 0.0265. The lowest BCUT2D eigenvalue weighted by Crippen LogP contribution is -2.17. The number of thioether (sulfide) groups is 1. The van der Waals surface area contributed by atoms with E-state index in [2.05, 4.69) is 20.3 Å². The minimum atomic E-state index is -4.77. The second kappa shape index (κ2) is 9.63. The summed E-state index contributed by atoms with van der Waals surface area (Å²) in [5.41, 5.74) is 1.18. The van der Waals surface area contributed by atoms with Crippen LogP contribution in [-0.2, 0) is 16.1 Å². The molecule has 0 atom stereocenters. The van der Waals surface area contributed by atoms with Crippen LogP contribution in [0, 0.1) is 0 Å². The standard InChI is InChI=1S/C19H17F3N4O3S/c1-28-11-16-24-25-18(26(16)14-5-3-2-4-6-14)30-12-17(27)23-13-7-9-15(10-8-13)29-19(20,21)22/h2-10H,11-12H2,1H3,(H,23,27). The molecule has 0 bridgehead atoms. The van der Waals surface area contributed by atoms with E-state index in [9.17, 15) is 18.0 Å². The van der Waals surface area contributed by atoms with Crippen LogP contribution in [0.2, 0.25) is 0 Å². The molecule has 1 aromatic heterocycles. The number of benzene rings is 2. The van der Waals surface area contributed by atoms with Crippen LogP contribution in [0.15, 0.2) is 59.8 Å². The van der Waals surface area contributed by atoms with Gasteiger partial charge in [-0.25, -0.2) is 0 Å². The molecule has 3 rings (SSSR count). The van der Waals surface area contributed by atoms with Crippen LogP contribution in [0.5, 0.6) is 5.75 Å². The quantitative estimate of drug-likeness (QED) is 0.535. The van der Waals surface area contributed by atoms with Gasteiger partial charge in [0.05, 0.1) is 5.75 Å². The smallest absolute Gasteiger partial charge is 0.406 e. The molecule has 11 heteroatoms. The van der Waals surface area contributed by atoms with Crippen LogP contribution in [0.1, 0.15) is 5.82 Å². The highest BCUT2D eigenvalue weighted by Crippen LogP contribution is 2.25. The molecule has 0 fully saturated rings. The summed E-state index contributed by atoms with van der Waals surface area (Å²) in [6.45, 7) is 0.251. The summed E-state index contributed by atoms with van der Waals surface area (Å²) in [5.74, 6) is -0.0950. The van der Waals surface area contributed by atoms with Crippen molar-refractivity contribution in [2.24, 2.45) is 0 Å². The number of para-hydroxylation sites is 1. The van der Waals surface area contributed by atoms with E-state index in [1.165, 1.54) is 23.9 Å². The van der Waals surface area contributed by atoms with Crippen molar-refractivity contribution in [3.63, 3.8) is 0 Å². The third-order valence-electron chi connectivity index (χ3n) is 3.69. The average molecular weight is 438 g/mol. The van der Waals surface area contributed by atoms with E-state index in [1.807, 2.05) is 30.3 Å². The molecule has 0 aliphatic carbocycles. The predicted molar refractivity (Wildman–Crippen MR) is 105 cm³/mol. The van der Waals surface area contributed by atoms with Gasteiger partial charge in [0.15, 0.2) is 11.0 Å². The molecule has 2 aromatic carbocycles. The Hall–Kier alpha value is -3.05. The molecule has 0 unspecified atom stereocenters. The van der Waals surface area contributed by atoms with Crippen molar-refractivity contribution in [1.29, 1.82) is 0 Å². The molecule has 30 heavy (non-hydrogen) atoms. The van der Waals surface area contributed by atoms with Crippen molar-refractivity contribution in [3.8, 4) is 11.4 Å². The lowest BCUT2D eigenvalue weighted by molar-refractivity contribution is -0.274. The van der Waals surface area contributed by atoms with Gasteiger partial charge < -0.3 is 14.8 Å². The maximum Gasteiger partial charge on any atom is 0.573 e. The highest BCUT2D eigenvalue weighted by Gasteiger charge is 2.31. The Kier molecular flexibility index (Phi) is 6.95. The lowest BCUT2D eigenvalue weighted by Gasteiger charge is -2.11. The minimum Gasteiger partial charge on any atom is -0.406 e. The number of rotatable bonds is 8. The molecule has 0 aliphatic heterocycles. The third-order valence-corrected chi connectivity index (χ3v) is 4.62. The maximum atomic E-state index is 12.3. The highest BCUT2D eigenvalue weighted by molar-refractivity contribution is 7.99. The normalized spacial score (nSPS) is 11.3. The number of anilines is 1. The van der Waals surface area contributed by atoms with E-state index >= 15 is 0 Å². The summed E-state index contributed by atoms with van der Waals surface area (Å²) in [6, 6.07) is 14.3. The van der Waals surface area contributed by atoms with Gasteiger partial charge in [-0.15, -0.1) is 23.4 Å². The van der Waals surface area contributed by atoms with Gasteiger partial charge in [0.1, 0.15) is 12.4 Å². The summed E-state index contributed by atoms with van der Waals surface area (Å²) in [5, 5.41) is 11.4. The van der Waals surface area contributed by atoms with Gasteiger partial charge in [0.25, 0.3) is 0 Å². The molecule has 0 aliphatic rings. The molecule has 1 amide bonds.